The number of aromatic nitrogens is 2. The largest absolute Gasteiger partial charge is 0.455 e. The van der Waals surface area contributed by atoms with Gasteiger partial charge in [0.1, 0.15) is 5.76 Å². The highest BCUT2D eigenvalue weighted by Crippen LogP contribution is 2.22. The van der Waals surface area contributed by atoms with Gasteiger partial charge >= 0.3 is 0 Å². The molecule has 1 amide bonds. The standard InChI is InChI=1S/C18H27N3O2S/c1-5-14(6-2)12-21(7-3)17(22)16-9-8-15(23-16)13-24-18-19-10-11-20(18)4/h8-11,14H,5-7,12-13H2,1-4H3. The van der Waals surface area contributed by atoms with Crippen molar-refractivity contribution in [1.29, 1.82) is 0 Å². The van der Waals surface area contributed by atoms with Gasteiger partial charge in [-0.3, -0.25) is 4.79 Å². The van der Waals surface area contributed by atoms with Gasteiger partial charge in [0.2, 0.25) is 0 Å². The molecule has 0 aromatic carbocycles. The monoisotopic (exact) mass is 349 g/mol. The lowest BCUT2D eigenvalue weighted by molar-refractivity contribution is 0.0701. The SMILES string of the molecule is CCC(CC)CN(CC)C(=O)c1ccc(CSc2nccn2C)o1. The third-order valence-corrected chi connectivity index (χ3v) is 5.38. The van der Waals surface area contributed by atoms with Crippen molar-refractivity contribution in [1.82, 2.24) is 14.5 Å². The Kier molecular flexibility index (Phi) is 6.97. The second-order valence-corrected chi connectivity index (χ2v) is 6.84. The first-order valence-corrected chi connectivity index (χ1v) is 9.55. The first-order chi connectivity index (χ1) is 11.6. The summed E-state index contributed by atoms with van der Waals surface area (Å²) in [5.41, 5.74) is 0. The summed E-state index contributed by atoms with van der Waals surface area (Å²) >= 11 is 1.60. The number of hydrogen-bond acceptors (Lipinski definition) is 4. The van der Waals surface area contributed by atoms with Crippen molar-refractivity contribution in [3.05, 3.63) is 36.0 Å². The quantitative estimate of drug-likeness (QED) is 0.637. The topological polar surface area (TPSA) is 51.3 Å². The van der Waals surface area contributed by atoms with E-state index in [1.807, 2.05) is 35.7 Å². The minimum Gasteiger partial charge on any atom is -0.455 e. The number of carbonyl (C=O) groups excluding carboxylic acids is 1. The van der Waals surface area contributed by atoms with Gasteiger partial charge in [-0.15, -0.1) is 0 Å². The highest BCUT2D eigenvalue weighted by atomic mass is 32.2. The fourth-order valence-electron chi connectivity index (χ4n) is 2.57. The molecule has 0 aliphatic heterocycles. The van der Waals surface area contributed by atoms with Crippen molar-refractivity contribution in [3.8, 4) is 0 Å². The van der Waals surface area contributed by atoms with Crippen LogP contribution < -0.4 is 0 Å². The summed E-state index contributed by atoms with van der Waals surface area (Å²) in [5, 5.41) is 0.934. The molecule has 6 heteroatoms. The molecular weight excluding hydrogens is 322 g/mol. The zero-order chi connectivity index (χ0) is 17.5. The molecule has 0 unspecified atom stereocenters. The minimum atomic E-state index is -0.0161. The predicted molar refractivity (Wildman–Crippen MR) is 97.1 cm³/mol. The maximum absolute atomic E-state index is 12.7. The van der Waals surface area contributed by atoms with E-state index in [0.29, 0.717) is 24.0 Å². The van der Waals surface area contributed by atoms with E-state index in [9.17, 15) is 4.79 Å². The summed E-state index contributed by atoms with van der Waals surface area (Å²) in [6.07, 6.45) is 5.86. The van der Waals surface area contributed by atoms with Crippen LogP contribution in [0.1, 0.15) is 49.9 Å². The number of thioether (sulfide) groups is 1. The molecule has 2 rings (SSSR count). The lowest BCUT2D eigenvalue weighted by Crippen LogP contribution is -2.34. The highest BCUT2D eigenvalue weighted by molar-refractivity contribution is 7.98. The predicted octanol–water partition coefficient (Wildman–Crippen LogP) is 4.20. The first kappa shape index (κ1) is 18.6. The molecular formula is C18H27N3O2S. The van der Waals surface area contributed by atoms with Crippen LogP contribution in [0, 0.1) is 5.92 Å². The molecule has 0 saturated carbocycles. The van der Waals surface area contributed by atoms with Gasteiger partial charge in [0.05, 0.1) is 5.75 Å². The molecule has 0 bridgehead atoms. The highest BCUT2D eigenvalue weighted by Gasteiger charge is 2.20. The molecule has 0 N–H and O–H groups in total. The Morgan fingerprint density at radius 3 is 2.67 bits per heavy atom. The van der Waals surface area contributed by atoms with Gasteiger partial charge in [0, 0.05) is 32.5 Å². The third-order valence-electron chi connectivity index (χ3n) is 4.30. The molecule has 2 aromatic heterocycles. The molecule has 0 saturated heterocycles. The van der Waals surface area contributed by atoms with Crippen molar-refractivity contribution in [2.45, 2.75) is 44.5 Å². The summed E-state index contributed by atoms with van der Waals surface area (Å²) < 4.78 is 7.73. The van der Waals surface area contributed by atoms with E-state index < -0.39 is 0 Å². The van der Waals surface area contributed by atoms with Gasteiger partial charge in [-0.25, -0.2) is 4.98 Å². The number of hydrogen-bond donors (Lipinski definition) is 0. The average molecular weight is 350 g/mol. The molecule has 2 aromatic rings. The molecule has 0 radical (unpaired) electrons. The molecule has 0 aliphatic carbocycles. The first-order valence-electron chi connectivity index (χ1n) is 8.57. The number of amides is 1. The summed E-state index contributed by atoms with van der Waals surface area (Å²) in [6.45, 7) is 7.85. The van der Waals surface area contributed by atoms with Gasteiger partial charge in [0.15, 0.2) is 10.9 Å². The molecule has 24 heavy (non-hydrogen) atoms. The van der Waals surface area contributed by atoms with Crippen molar-refractivity contribution in [3.63, 3.8) is 0 Å². The maximum Gasteiger partial charge on any atom is 0.289 e. The Hall–Kier alpha value is -1.69. The van der Waals surface area contributed by atoms with Crippen molar-refractivity contribution >= 4 is 17.7 Å². The second kappa shape index (κ2) is 8.97. The summed E-state index contributed by atoms with van der Waals surface area (Å²) in [4.78, 5) is 18.8. The second-order valence-electron chi connectivity index (χ2n) is 5.90. The minimum absolute atomic E-state index is 0.0161. The Balaban J connectivity index is 1.97. The van der Waals surface area contributed by atoms with E-state index in [0.717, 1.165) is 30.3 Å². The van der Waals surface area contributed by atoms with Crippen LogP contribution in [0.15, 0.2) is 34.1 Å². The van der Waals surface area contributed by atoms with E-state index in [-0.39, 0.29) is 5.91 Å². The third kappa shape index (κ3) is 4.66. The van der Waals surface area contributed by atoms with Crippen LogP contribution in [0.3, 0.4) is 0 Å². The number of carbonyl (C=O) groups is 1. The maximum atomic E-state index is 12.7. The zero-order valence-corrected chi connectivity index (χ0v) is 15.8. The number of furan rings is 1. The van der Waals surface area contributed by atoms with E-state index in [1.54, 1.807) is 24.0 Å². The van der Waals surface area contributed by atoms with E-state index in [2.05, 4.69) is 18.8 Å². The molecule has 5 nitrogen and oxygen atoms in total. The zero-order valence-electron chi connectivity index (χ0n) is 15.0. The fraction of sp³-hybridized carbons (Fsp3) is 0.556. The summed E-state index contributed by atoms with van der Waals surface area (Å²) in [6, 6.07) is 3.67. The van der Waals surface area contributed by atoms with Gasteiger partial charge in [-0.2, -0.15) is 0 Å². The van der Waals surface area contributed by atoms with Crippen LogP contribution in [0.2, 0.25) is 0 Å². The van der Waals surface area contributed by atoms with Crippen LogP contribution in [0.25, 0.3) is 0 Å². The average Bonchev–Trinajstić information content (AvgIpc) is 3.22. The molecule has 0 spiro atoms. The van der Waals surface area contributed by atoms with Crippen LogP contribution in [-0.4, -0.2) is 33.4 Å². The Morgan fingerprint density at radius 2 is 2.08 bits per heavy atom. The van der Waals surface area contributed by atoms with Gasteiger partial charge in [-0.1, -0.05) is 38.5 Å². The Bertz CT molecular complexity index is 646. The normalized spacial score (nSPS) is 11.2. The Morgan fingerprint density at radius 1 is 1.33 bits per heavy atom. The molecule has 132 valence electrons. The molecule has 2 heterocycles. The molecule has 0 fully saturated rings. The van der Waals surface area contributed by atoms with Crippen LogP contribution in [0.5, 0.6) is 0 Å². The van der Waals surface area contributed by atoms with Crippen molar-refractivity contribution < 1.29 is 9.21 Å². The lowest BCUT2D eigenvalue weighted by Gasteiger charge is -2.24. The number of rotatable bonds is 9. The van der Waals surface area contributed by atoms with E-state index in [1.165, 1.54) is 0 Å². The van der Waals surface area contributed by atoms with E-state index in [4.69, 9.17) is 4.42 Å². The molecule has 0 aliphatic rings. The van der Waals surface area contributed by atoms with Gasteiger partial charge in [-0.05, 0) is 25.0 Å². The Labute approximate surface area is 148 Å². The van der Waals surface area contributed by atoms with Crippen molar-refractivity contribution in [2.24, 2.45) is 13.0 Å². The number of nitrogens with zero attached hydrogens (tertiary/aromatic N) is 3. The van der Waals surface area contributed by atoms with Crippen LogP contribution >= 0.6 is 11.8 Å². The van der Waals surface area contributed by atoms with Gasteiger partial charge < -0.3 is 13.9 Å². The fourth-order valence-corrected chi connectivity index (χ4v) is 3.39. The van der Waals surface area contributed by atoms with Crippen molar-refractivity contribution in [2.75, 3.05) is 13.1 Å². The molecule has 0 atom stereocenters. The smallest absolute Gasteiger partial charge is 0.289 e. The number of imidazole rings is 1. The van der Waals surface area contributed by atoms with Crippen LogP contribution in [-0.2, 0) is 12.8 Å². The lowest BCUT2D eigenvalue weighted by atomic mass is 10.0. The van der Waals surface area contributed by atoms with Gasteiger partial charge in [0.25, 0.3) is 5.91 Å². The van der Waals surface area contributed by atoms with E-state index >= 15 is 0 Å². The number of aryl methyl sites for hydroxylation is 1. The summed E-state index contributed by atoms with van der Waals surface area (Å²) in [5.74, 6) is 2.42. The summed E-state index contributed by atoms with van der Waals surface area (Å²) in [7, 11) is 1.96. The van der Waals surface area contributed by atoms with Crippen LogP contribution in [0.4, 0.5) is 0 Å².